The number of pyridine rings is 1. The quantitative estimate of drug-likeness (QED) is 0.712. The van der Waals surface area contributed by atoms with Crippen LogP contribution in [0.1, 0.15) is 47.2 Å². The highest BCUT2D eigenvalue weighted by Gasteiger charge is 2.43. The van der Waals surface area contributed by atoms with Crippen molar-refractivity contribution in [3.8, 4) is 6.07 Å². The van der Waals surface area contributed by atoms with Gasteiger partial charge >= 0.3 is 0 Å². The smallest absolute Gasteiger partial charge is 0.254 e. The molecule has 1 aliphatic heterocycles. The molecule has 0 unspecified atom stereocenters. The number of carbonyl (C=O) groups excluding carboxylic acids is 2. The molecule has 1 aromatic heterocycles. The standard InChI is InChI=1S/C26H32N6O2/c1-30(2)24(33)22-9-10-23(28-19-22)31-13-15-32(16-14-31)25(34)26(11-3-4-12-26)29-18-21-7-5-20(17-27)6-8-21/h5-10,19,29H,3-4,11-16,18H2,1-2H3. The average molecular weight is 461 g/mol. The van der Waals surface area contributed by atoms with Crippen LogP contribution in [-0.2, 0) is 11.3 Å². The van der Waals surface area contributed by atoms with Gasteiger partial charge in [0.05, 0.1) is 22.7 Å². The van der Waals surface area contributed by atoms with Gasteiger partial charge in [-0.2, -0.15) is 5.26 Å². The fourth-order valence-electron chi connectivity index (χ4n) is 4.81. The highest BCUT2D eigenvalue weighted by atomic mass is 16.2. The molecule has 2 heterocycles. The molecule has 1 saturated heterocycles. The monoisotopic (exact) mass is 460 g/mol. The number of amides is 2. The second kappa shape index (κ2) is 10.2. The Balaban J connectivity index is 1.36. The van der Waals surface area contributed by atoms with E-state index in [2.05, 4.69) is 21.3 Å². The van der Waals surface area contributed by atoms with Crippen molar-refractivity contribution in [1.82, 2.24) is 20.1 Å². The van der Waals surface area contributed by atoms with E-state index in [-0.39, 0.29) is 11.8 Å². The molecule has 2 aromatic rings. The first-order valence-electron chi connectivity index (χ1n) is 11.9. The van der Waals surface area contributed by atoms with Gasteiger partial charge in [-0.3, -0.25) is 14.9 Å². The van der Waals surface area contributed by atoms with E-state index in [0.717, 1.165) is 37.1 Å². The number of nitriles is 1. The fraction of sp³-hybridized carbons (Fsp3) is 0.462. The summed E-state index contributed by atoms with van der Waals surface area (Å²) in [4.78, 5) is 35.9. The van der Waals surface area contributed by atoms with Gasteiger partial charge < -0.3 is 14.7 Å². The van der Waals surface area contributed by atoms with Crippen LogP contribution in [0.3, 0.4) is 0 Å². The maximum absolute atomic E-state index is 13.6. The van der Waals surface area contributed by atoms with Crippen LogP contribution in [0.15, 0.2) is 42.6 Å². The molecule has 0 radical (unpaired) electrons. The van der Waals surface area contributed by atoms with Crippen LogP contribution in [0.2, 0.25) is 0 Å². The number of piperazine rings is 1. The van der Waals surface area contributed by atoms with Gasteiger partial charge in [-0.15, -0.1) is 0 Å². The lowest BCUT2D eigenvalue weighted by molar-refractivity contribution is -0.138. The maximum atomic E-state index is 13.6. The third-order valence-electron chi connectivity index (χ3n) is 6.87. The molecular weight excluding hydrogens is 428 g/mol. The third kappa shape index (κ3) is 5.05. The Bertz CT molecular complexity index is 1040. The first-order chi connectivity index (χ1) is 16.4. The number of hydrogen-bond acceptors (Lipinski definition) is 6. The summed E-state index contributed by atoms with van der Waals surface area (Å²) in [6, 6.07) is 13.4. The second-order valence-corrected chi connectivity index (χ2v) is 9.34. The normalized spacial score (nSPS) is 17.3. The molecule has 34 heavy (non-hydrogen) atoms. The zero-order chi connectivity index (χ0) is 24.1. The van der Waals surface area contributed by atoms with Crippen LogP contribution in [0.4, 0.5) is 5.82 Å². The first-order valence-corrected chi connectivity index (χ1v) is 11.9. The number of carbonyl (C=O) groups is 2. The SMILES string of the molecule is CN(C)C(=O)c1ccc(N2CCN(C(=O)C3(NCc4ccc(C#N)cc4)CCCC3)CC2)nc1. The highest BCUT2D eigenvalue weighted by Crippen LogP contribution is 2.32. The zero-order valence-corrected chi connectivity index (χ0v) is 20.0. The number of anilines is 1. The molecule has 0 atom stereocenters. The Morgan fingerprint density at radius 3 is 2.29 bits per heavy atom. The topological polar surface area (TPSA) is 92.6 Å². The van der Waals surface area contributed by atoms with Gasteiger partial charge in [0.1, 0.15) is 5.82 Å². The van der Waals surface area contributed by atoms with E-state index in [0.29, 0.717) is 43.9 Å². The van der Waals surface area contributed by atoms with Gasteiger partial charge in [-0.25, -0.2) is 4.98 Å². The Morgan fingerprint density at radius 1 is 1.06 bits per heavy atom. The Morgan fingerprint density at radius 2 is 1.74 bits per heavy atom. The Hall–Kier alpha value is -3.44. The Kier molecular flexibility index (Phi) is 7.13. The Labute approximate surface area is 201 Å². The molecule has 8 heteroatoms. The van der Waals surface area contributed by atoms with Crippen LogP contribution in [-0.4, -0.2) is 72.4 Å². The molecule has 178 valence electrons. The molecule has 0 bridgehead atoms. The minimum atomic E-state index is -0.511. The number of nitrogens with one attached hydrogen (secondary N) is 1. The third-order valence-corrected chi connectivity index (χ3v) is 6.87. The summed E-state index contributed by atoms with van der Waals surface area (Å²) in [5.74, 6) is 0.958. The van der Waals surface area contributed by atoms with Crippen LogP contribution < -0.4 is 10.2 Å². The summed E-state index contributed by atoms with van der Waals surface area (Å²) in [6.45, 7) is 3.34. The summed E-state index contributed by atoms with van der Waals surface area (Å²) in [6.07, 6.45) is 5.42. The lowest BCUT2D eigenvalue weighted by Crippen LogP contribution is -2.60. The molecule has 8 nitrogen and oxygen atoms in total. The number of hydrogen-bond donors (Lipinski definition) is 1. The van der Waals surface area contributed by atoms with E-state index in [9.17, 15) is 9.59 Å². The summed E-state index contributed by atoms with van der Waals surface area (Å²) in [5.41, 5.74) is 1.77. The summed E-state index contributed by atoms with van der Waals surface area (Å²) >= 11 is 0. The van der Waals surface area contributed by atoms with Crippen molar-refractivity contribution < 1.29 is 9.59 Å². The predicted octanol–water partition coefficient (Wildman–Crippen LogP) is 2.41. The van der Waals surface area contributed by atoms with Gasteiger partial charge in [0.25, 0.3) is 5.91 Å². The molecule has 2 aliphatic rings. The fourth-order valence-corrected chi connectivity index (χ4v) is 4.81. The predicted molar refractivity (Wildman–Crippen MR) is 130 cm³/mol. The van der Waals surface area contributed by atoms with Crippen LogP contribution in [0, 0.1) is 11.3 Å². The number of rotatable bonds is 6. The summed E-state index contributed by atoms with van der Waals surface area (Å²) in [7, 11) is 3.45. The van der Waals surface area contributed by atoms with E-state index in [1.165, 1.54) is 4.90 Å². The molecule has 1 aliphatic carbocycles. The van der Waals surface area contributed by atoms with Crippen LogP contribution in [0.5, 0.6) is 0 Å². The second-order valence-electron chi connectivity index (χ2n) is 9.34. The van der Waals surface area contributed by atoms with Gasteiger partial charge in [-0.05, 0) is 42.7 Å². The van der Waals surface area contributed by atoms with E-state index in [4.69, 9.17) is 5.26 Å². The summed E-state index contributed by atoms with van der Waals surface area (Å²) in [5, 5.41) is 12.6. The van der Waals surface area contributed by atoms with Gasteiger partial charge in [-0.1, -0.05) is 25.0 Å². The average Bonchev–Trinajstić information content (AvgIpc) is 3.37. The zero-order valence-electron chi connectivity index (χ0n) is 20.0. The van der Waals surface area contributed by atoms with E-state index >= 15 is 0 Å². The molecule has 1 N–H and O–H groups in total. The number of aromatic nitrogens is 1. The van der Waals surface area contributed by atoms with Gasteiger partial charge in [0, 0.05) is 53.0 Å². The summed E-state index contributed by atoms with van der Waals surface area (Å²) < 4.78 is 0. The van der Waals surface area contributed by atoms with E-state index in [1.807, 2.05) is 41.3 Å². The van der Waals surface area contributed by atoms with Crippen molar-refractivity contribution in [3.05, 3.63) is 59.3 Å². The van der Waals surface area contributed by atoms with Gasteiger partial charge in [0.2, 0.25) is 5.91 Å². The van der Waals surface area contributed by atoms with Crippen molar-refractivity contribution in [2.75, 3.05) is 45.2 Å². The maximum Gasteiger partial charge on any atom is 0.254 e. The minimum absolute atomic E-state index is 0.0650. The van der Waals surface area contributed by atoms with Crippen molar-refractivity contribution in [2.24, 2.45) is 0 Å². The molecule has 1 aromatic carbocycles. The molecule has 0 spiro atoms. The van der Waals surface area contributed by atoms with E-state index in [1.54, 1.807) is 20.3 Å². The van der Waals surface area contributed by atoms with Crippen LogP contribution in [0.25, 0.3) is 0 Å². The molecule has 4 rings (SSSR count). The van der Waals surface area contributed by atoms with Crippen LogP contribution >= 0.6 is 0 Å². The molecule has 1 saturated carbocycles. The lowest BCUT2D eigenvalue weighted by Gasteiger charge is -2.40. The number of benzene rings is 1. The largest absolute Gasteiger partial charge is 0.353 e. The molecule has 2 amide bonds. The van der Waals surface area contributed by atoms with Crippen molar-refractivity contribution in [2.45, 2.75) is 37.8 Å². The highest BCUT2D eigenvalue weighted by molar-refractivity contribution is 5.93. The molecular formula is C26H32N6O2. The van der Waals surface area contributed by atoms with Crippen molar-refractivity contribution >= 4 is 17.6 Å². The lowest BCUT2D eigenvalue weighted by atomic mass is 9.94. The van der Waals surface area contributed by atoms with E-state index < -0.39 is 5.54 Å². The van der Waals surface area contributed by atoms with Crippen molar-refractivity contribution in [3.63, 3.8) is 0 Å². The number of nitrogens with zero attached hydrogens (tertiary/aromatic N) is 5. The van der Waals surface area contributed by atoms with Crippen molar-refractivity contribution in [1.29, 1.82) is 5.26 Å². The minimum Gasteiger partial charge on any atom is -0.353 e. The van der Waals surface area contributed by atoms with Gasteiger partial charge in [0.15, 0.2) is 0 Å². The first kappa shape index (κ1) is 23.7. The molecule has 2 fully saturated rings.